The van der Waals surface area contributed by atoms with Gasteiger partial charge >= 0.3 is 5.97 Å². The summed E-state index contributed by atoms with van der Waals surface area (Å²) in [6.07, 6.45) is 0. The fourth-order valence-corrected chi connectivity index (χ4v) is 1.94. The first-order chi connectivity index (χ1) is 10.9. The molecule has 2 N–H and O–H groups in total. The zero-order valence-corrected chi connectivity index (χ0v) is 12.1. The quantitative estimate of drug-likeness (QED) is 0.499. The average Bonchev–Trinajstić information content (AvgIpc) is 2.54. The Labute approximate surface area is 130 Å². The van der Waals surface area contributed by atoms with Crippen LogP contribution in [0.4, 0.5) is 15.8 Å². The molecule has 0 spiro atoms. The van der Waals surface area contributed by atoms with Gasteiger partial charge in [0.15, 0.2) is 11.6 Å². The number of hydrogen-bond donors (Lipinski definition) is 2. The Morgan fingerprint density at radius 2 is 2.09 bits per heavy atom. The molecular weight excluding hydrogens is 307 g/mol. The second-order valence-electron chi connectivity index (χ2n) is 4.62. The smallest absolute Gasteiger partial charge is 0.344 e. The van der Waals surface area contributed by atoms with Crippen LogP contribution in [0.1, 0.15) is 15.9 Å². The van der Waals surface area contributed by atoms with Crippen LogP contribution in [0.25, 0.3) is 0 Å². The van der Waals surface area contributed by atoms with Crippen LogP contribution in [-0.2, 0) is 11.3 Å². The Balaban J connectivity index is 2.21. The molecule has 0 aliphatic carbocycles. The SMILES string of the molecule is COC(=O)c1cc(NCc2ccc(O)c(F)c2)ccc1[N+](=O)[O-]. The maximum Gasteiger partial charge on any atom is 0.344 e. The summed E-state index contributed by atoms with van der Waals surface area (Å²) in [5.74, 6) is -2.02. The number of phenolic OH excluding ortho intramolecular Hbond substituents is 1. The lowest BCUT2D eigenvalue weighted by atomic mass is 10.1. The van der Waals surface area contributed by atoms with Crippen LogP contribution in [0.15, 0.2) is 36.4 Å². The molecule has 2 rings (SSSR count). The van der Waals surface area contributed by atoms with Crippen molar-refractivity contribution < 1.29 is 24.0 Å². The number of aromatic hydroxyl groups is 1. The van der Waals surface area contributed by atoms with E-state index < -0.39 is 22.5 Å². The van der Waals surface area contributed by atoms with Gasteiger partial charge < -0.3 is 15.2 Å². The van der Waals surface area contributed by atoms with Crippen LogP contribution in [0, 0.1) is 15.9 Å². The number of benzene rings is 2. The molecule has 0 amide bonds. The van der Waals surface area contributed by atoms with Crippen molar-refractivity contribution in [3.8, 4) is 5.75 Å². The number of hydrogen-bond acceptors (Lipinski definition) is 6. The summed E-state index contributed by atoms with van der Waals surface area (Å²) in [7, 11) is 1.13. The normalized spacial score (nSPS) is 10.2. The van der Waals surface area contributed by atoms with Crippen LogP contribution in [0.5, 0.6) is 5.75 Å². The summed E-state index contributed by atoms with van der Waals surface area (Å²) in [5, 5.41) is 23.0. The molecule has 7 nitrogen and oxygen atoms in total. The maximum absolute atomic E-state index is 13.2. The first-order valence-corrected chi connectivity index (χ1v) is 6.50. The van der Waals surface area contributed by atoms with E-state index in [2.05, 4.69) is 10.1 Å². The van der Waals surface area contributed by atoms with Gasteiger partial charge in [-0.2, -0.15) is 0 Å². The van der Waals surface area contributed by atoms with E-state index in [1.165, 1.54) is 30.3 Å². The lowest BCUT2D eigenvalue weighted by Gasteiger charge is -2.09. The summed E-state index contributed by atoms with van der Waals surface area (Å²) >= 11 is 0. The third-order valence-electron chi connectivity index (χ3n) is 3.11. The number of ether oxygens (including phenoxy) is 1. The molecule has 0 unspecified atom stereocenters. The highest BCUT2D eigenvalue weighted by atomic mass is 19.1. The number of esters is 1. The van der Waals surface area contributed by atoms with Crippen molar-refractivity contribution in [1.29, 1.82) is 0 Å². The predicted octanol–water partition coefficient (Wildman–Crippen LogP) is 2.84. The first-order valence-electron chi connectivity index (χ1n) is 6.50. The number of rotatable bonds is 5. The molecular formula is C15H13FN2O5. The fraction of sp³-hybridized carbons (Fsp3) is 0.133. The summed E-state index contributed by atoms with van der Waals surface area (Å²) in [6, 6.07) is 7.82. The number of nitro benzene ring substituents is 1. The van der Waals surface area contributed by atoms with Gasteiger partial charge in [-0.25, -0.2) is 9.18 Å². The molecule has 0 heterocycles. The molecule has 8 heteroatoms. The van der Waals surface area contributed by atoms with Crippen molar-refractivity contribution in [1.82, 2.24) is 0 Å². The monoisotopic (exact) mass is 320 g/mol. The largest absolute Gasteiger partial charge is 0.505 e. The van der Waals surface area contributed by atoms with Gasteiger partial charge in [-0.1, -0.05) is 6.07 Å². The zero-order chi connectivity index (χ0) is 17.0. The molecule has 0 fully saturated rings. The number of phenols is 1. The van der Waals surface area contributed by atoms with Gasteiger partial charge in [0.2, 0.25) is 0 Å². The number of carbonyl (C=O) groups is 1. The second-order valence-corrected chi connectivity index (χ2v) is 4.62. The van der Waals surface area contributed by atoms with Crippen molar-refractivity contribution in [3.63, 3.8) is 0 Å². The van der Waals surface area contributed by atoms with Crippen molar-refractivity contribution >= 4 is 17.3 Å². The van der Waals surface area contributed by atoms with E-state index >= 15 is 0 Å². The van der Waals surface area contributed by atoms with Crippen LogP contribution >= 0.6 is 0 Å². The third-order valence-corrected chi connectivity index (χ3v) is 3.11. The summed E-state index contributed by atoms with van der Waals surface area (Å²) in [4.78, 5) is 21.9. The van der Waals surface area contributed by atoms with Gasteiger partial charge in [-0.05, 0) is 29.8 Å². The predicted molar refractivity (Wildman–Crippen MR) is 79.8 cm³/mol. The molecule has 120 valence electrons. The first kappa shape index (κ1) is 16.2. The molecule has 0 aliphatic heterocycles. The van der Waals surface area contributed by atoms with E-state index in [0.29, 0.717) is 11.3 Å². The Kier molecular flexibility index (Phi) is 4.75. The Hall–Kier alpha value is -3.16. The maximum atomic E-state index is 13.2. The van der Waals surface area contributed by atoms with Crippen LogP contribution in [0.2, 0.25) is 0 Å². The van der Waals surface area contributed by atoms with E-state index in [4.69, 9.17) is 5.11 Å². The van der Waals surface area contributed by atoms with Crippen molar-refractivity contribution in [2.24, 2.45) is 0 Å². The average molecular weight is 320 g/mol. The lowest BCUT2D eigenvalue weighted by molar-refractivity contribution is -0.385. The molecule has 0 saturated carbocycles. The molecule has 0 bridgehead atoms. The number of nitrogens with one attached hydrogen (secondary N) is 1. The van der Waals surface area contributed by atoms with Gasteiger partial charge in [0.25, 0.3) is 5.69 Å². The molecule has 2 aromatic carbocycles. The van der Waals surface area contributed by atoms with Crippen LogP contribution in [0.3, 0.4) is 0 Å². The number of anilines is 1. The minimum atomic E-state index is -0.823. The highest BCUT2D eigenvalue weighted by Gasteiger charge is 2.21. The van der Waals surface area contributed by atoms with Crippen LogP contribution < -0.4 is 5.32 Å². The minimum absolute atomic E-state index is 0.181. The van der Waals surface area contributed by atoms with Crippen LogP contribution in [-0.4, -0.2) is 23.1 Å². The van der Waals surface area contributed by atoms with Gasteiger partial charge in [-0.15, -0.1) is 0 Å². The minimum Gasteiger partial charge on any atom is -0.505 e. The van der Waals surface area contributed by atoms with E-state index in [9.17, 15) is 19.3 Å². The van der Waals surface area contributed by atoms with Gasteiger partial charge in [-0.3, -0.25) is 10.1 Å². The van der Waals surface area contributed by atoms with Gasteiger partial charge in [0.1, 0.15) is 5.56 Å². The molecule has 0 aromatic heterocycles. The van der Waals surface area contributed by atoms with Gasteiger partial charge in [0, 0.05) is 18.3 Å². The molecule has 0 saturated heterocycles. The van der Waals surface area contributed by atoms with Crippen molar-refractivity contribution in [2.75, 3.05) is 12.4 Å². The standard InChI is InChI=1S/C15H13FN2O5/c1-23-15(20)11-7-10(3-4-13(11)18(21)22)17-8-9-2-5-14(19)12(16)6-9/h2-7,17,19H,8H2,1H3. The Morgan fingerprint density at radius 3 is 2.70 bits per heavy atom. The van der Waals surface area contributed by atoms with Crippen molar-refractivity contribution in [3.05, 3.63) is 63.5 Å². The third kappa shape index (κ3) is 3.73. The lowest BCUT2D eigenvalue weighted by Crippen LogP contribution is -2.07. The highest BCUT2D eigenvalue weighted by Crippen LogP contribution is 2.24. The highest BCUT2D eigenvalue weighted by molar-refractivity contribution is 5.95. The number of carbonyl (C=O) groups excluding carboxylic acids is 1. The molecule has 0 aliphatic rings. The number of methoxy groups -OCH3 is 1. The van der Waals surface area contributed by atoms with E-state index in [1.54, 1.807) is 0 Å². The molecule has 0 atom stereocenters. The Bertz CT molecular complexity index is 764. The summed E-state index contributed by atoms with van der Waals surface area (Å²) in [6.45, 7) is 0.204. The summed E-state index contributed by atoms with van der Waals surface area (Å²) in [5.41, 5.74) is 0.445. The van der Waals surface area contributed by atoms with E-state index in [1.807, 2.05) is 0 Å². The fourth-order valence-electron chi connectivity index (χ4n) is 1.94. The number of halogens is 1. The zero-order valence-electron chi connectivity index (χ0n) is 12.1. The van der Waals surface area contributed by atoms with Gasteiger partial charge in [0.05, 0.1) is 12.0 Å². The molecule has 0 radical (unpaired) electrons. The van der Waals surface area contributed by atoms with E-state index in [0.717, 1.165) is 13.2 Å². The molecule has 23 heavy (non-hydrogen) atoms. The second kappa shape index (κ2) is 6.73. The number of nitro groups is 1. The topological polar surface area (TPSA) is 102 Å². The molecule has 2 aromatic rings. The van der Waals surface area contributed by atoms with Crippen molar-refractivity contribution in [2.45, 2.75) is 6.54 Å². The number of nitrogens with zero attached hydrogens (tertiary/aromatic N) is 1. The Morgan fingerprint density at radius 1 is 1.35 bits per heavy atom. The summed E-state index contributed by atoms with van der Waals surface area (Å²) < 4.78 is 17.8. The van der Waals surface area contributed by atoms with E-state index in [-0.39, 0.29) is 17.8 Å².